The minimum atomic E-state index is -0.519. The zero-order valence-corrected chi connectivity index (χ0v) is 14.0. The average Bonchev–Trinajstić information content (AvgIpc) is 2.41. The van der Waals surface area contributed by atoms with Crippen molar-refractivity contribution in [3.8, 4) is 5.75 Å². The van der Waals surface area contributed by atoms with Crippen LogP contribution < -0.4 is 15.4 Å². The van der Waals surface area contributed by atoms with Crippen LogP contribution in [0, 0.1) is 6.92 Å². The lowest BCUT2D eigenvalue weighted by atomic mass is 10.0. The second kappa shape index (κ2) is 7.46. The van der Waals surface area contributed by atoms with Gasteiger partial charge < -0.3 is 15.4 Å². The molecule has 1 atom stereocenters. The van der Waals surface area contributed by atoms with Crippen molar-refractivity contribution in [2.45, 2.75) is 59.2 Å². The van der Waals surface area contributed by atoms with E-state index in [0.717, 1.165) is 17.7 Å². The molecular weight excluding hydrogens is 264 g/mol. The monoisotopic (exact) mass is 292 g/mol. The van der Waals surface area contributed by atoms with Gasteiger partial charge in [0, 0.05) is 17.6 Å². The molecule has 1 aromatic carbocycles. The summed E-state index contributed by atoms with van der Waals surface area (Å²) in [6.07, 6.45) is 0.357. The summed E-state index contributed by atoms with van der Waals surface area (Å²) in [5.74, 6) is 0.671. The second-order valence-electron chi connectivity index (χ2n) is 6.13. The highest BCUT2D eigenvalue weighted by atomic mass is 16.5. The van der Waals surface area contributed by atoms with Crippen molar-refractivity contribution in [2.24, 2.45) is 0 Å². The van der Waals surface area contributed by atoms with Gasteiger partial charge in [-0.25, -0.2) is 0 Å². The van der Waals surface area contributed by atoms with Gasteiger partial charge in [-0.15, -0.1) is 0 Å². The predicted octanol–water partition coefficient (Wildman–Crippen LogP) is 2.79. The van der Waals surface area contributed by atoms with Crippen LogP contribution in [-0.2, 0) is 11.3 Å². The number of amides is 1. The molecule has 118 valence electrons. The number of aryl methyl sites for hydroxylation is 1. The van der Waals surface area contributed by atoms with Crippen LogP contribution >= 0.6 is 0 Å². The number of hydrogen-bond acceptors (Lipinski definition) is 3. The van der Waals surface area contributed by atoms with E-state index < -0.39 is 6.10 Å². The van der Waals surface area contributed by atoms with Gasteiger partial charge in [-0.2, -0.15) is 0 Å². The van der Waals surface area contributed by atoms with E-state index in [-0.39, 0.29) is 11.4 Å². The lowest BCUT2D eigenvalue weighted by Gasteiger charge is -2.27. The summed E-state index contributed by atoms with van der Waals surface area (Å²) >= 11 is 0. The first-order valence-corrected chi connectivity index (χ1v) is 7.52. The van der Waals surface area contributed by atoms with Crippen molar-refractivity contribution < 1.29 is 9.53 Å². The summed E-state index contributed by atoms with van der Waals surface area (Å²) in [7, 11) is 1.89. The van der Waals surface area contributed by atoms with Crippen LogP contribution in [0.4, 0.5) is 0 Å². The molecule has 0 bridgehead atoms. The van der Waals surface area contributed by atoms with Crippen LogP contribution in [0.5, 0.6) is 5.75 Å². The zero-order valence-electron chi connectivity index (χ0n) is 14.0. The molecule has 1 rings (SSSR count). The smallest absolute Gasteiger partial charge is 0.261 e. The number of carbonyl (C=O) groups is 1. The zero-order chi connectivity index (χ0) is 16.0. The molecule has 0 aliphatic heterocycles. The maximum Gasteiger partial charge on any atom is 0.261 e. The third kappa shape index (κ3) is 5.38. The molecule has 0 saturated heterocycles. The first-order valence-electron chi connectivity index (χ1n) is 7.52. The van der Waals surface area contributed by atoms with E-state index in [2.05, 4.69) is 23.6 Å². The Morgan fingerprint density at radius 2 is 2.05 bits per heavy atom. The summed E-state index contributed by atoms with van der Waals surface area (Å²) in [6, 6.07) is 6.00. The fraction of sp³-hybridized carbons (Fsp3) is 0.588. The minimum Gasteiger partial charge on any atom is -0.481 e. The Bertz CT molecular complexity index is 484. The molecule has 1 aromatic rings. The van der Waals surface area contributed by atoms with Crippen molar-refractivity contribution >= 4 is 5.91 Å². The van der Waals surface area contributed by atoms with E-state index >= 15 is 0 Å². The number of ether oxygens (including phenoxy) is 1. The van der Waals surface area contributed by atoms with Crippen molar-refractivity contribution in [3.63, 3.8) is 0 Å². The van der Waals surface area contributed by atoms with Crippen LogP contribution in [0.15, 0.2) is 18.2 Å². The summed E-state index contributed by atoms with van der Waals surface area (Å²) in [6.45, 7) is 10.6. The summed E-state index contributed by atoms with van der Waals surface area (Å²) in [5.41, 5.74) is 2.03. The molecule has 1 amide bonds. The molecule has 21 heavy (non-hydrogen) atoms. The molecule has 0 aliphatic carbocycles. The first kappa shape index (κ1) is 17.5. The van der Waals surface area contributed by atoms with Crippen molar-refractivity contribution in [3.05, 3.63) is 29.3 Å². The van der Waals surface area contributed by atoms with Gasteiger partial charge in [-0.1, -0.05) is 24.6 Å². The molecule has 0 aromatic heterocycles. The molecule has 0 aliphatic rings. The number of hydrogen-bond donors (Lipinski definition) is 2. The fourth-order valence-corrected chi connectivity index (χ4v) is 1.92. The fourth-order valence-electron chi connectivity index (χ4n) is 1.92. The standard InChI is InChI=1S/C17H28N2O2/c1-7-17(4,5)19-16(20)13(3)21-15-9-8-12(2)10-14(15)11-18-6/h8-10,13,18H,7,11H2,1-6H3,(H,19,20). The van der Waals surface area contributed by atoms with E-state index in [1.54, 1.807) is 6.92 Å². The average molecular weight is 292 g/mol. The molecule has 4 heteroatoms. The number of nitrogens with one attached hydrogen (secondary N) is 2. The summed E-state index contributed by atoms with van der Waals surface area (Å²) in [4.78, 5) is 12.2. The van der Waals surface area contributed by atoms with Crippen molar-refractivity contribution in [1.29, 1.82) is 0 Å². The summed E-state index contributed by atoms with van der Waals surface area (Å²) < 4.78 is 5.85. The first-order chi connectivity index (χ1) is 9.79. The highest BCUT2D eigenvalue weighted by molar-refractivity contribution is 5.81. The van der Waals surface area contributed by atoms with E-state index in [9.17, 15) is 4.79 Å². The van der Waals surface area contributed by atoms with Gasteiger partial charge in [0.05, 0.1) is 0 Å². The third-order valence-electron chi connectivity index (χ3n) is 3.60. The molecule has 1 unspecified atom stereocenters. The topological polar surface area (TPSA) is 50.4 Å². The van der Waals surface area contributed by atoms with Crippen molar-refractivity contribution in [2.75, 3.05) is 7.05 Å². The van der Waals surface area contributed by atoms with Crippen LogP contribution in [0.25, 0.3) is 0 Å². The molecule has 0 radical (unpaired) electrons. The van der Waals surface area contributed by atoms with Gasteiger partial charge >= 0.3 is 0 Å². The largest absolute Gasteiger partial charge is 0.481 e. The highest BCUT2D eigenvalue weighted by Gasteiger charge is 2.23. The summed E-state index contributed by atoms with van der Waals surface area (Å²) in [5, 5.41) is 6.13. The molecule has 2 N–H and O–H groups in total. The van der Waals surface area contributed by atoms with Gasteiger partial charge in [0.2, 0.25) is 0 Å². The molecule has 0 heterocycles. The number of benzene rings is 1. The van der Waals surface area contributed by atoms with Gasteiger partial charge in [0.25, 0.3) is 5.91 Å². The molecule has 0 spiro atoms. The normalized spacial score (nSPS) is 12.9. The minimum absolute atomic E-state index is 0.0853. The maximum absolute atomic E-state index is 12.2. The molecule has 4 nitrogen and oxygen atoms in total. The number of carbonyl (C=O) groups excluding carboxylic acids is 1. The van der Waals surface area contributed by atoms with Crippen LogP contribution in [-0.4, -0.2) is 24.6 Å². The lowest BCUT2D eigenvalue weighted by molar-refractivity contribution is -0.129. The Kier molecular flexibility index (Phi) is 6.21. The van der Waals surface area contributed by atoms with Gasteiger partial charge in [-0.3, -0.25) is 4.79 Å². The van der Waals surface area contributed by atoms with E-state index in [0.29, 0.717) is 6.54 Å². The van der Waals surface area contributed by atoms with Gasteiger partial charge in [-0.05, 0) is 47.2 Å². The Morgan fingerprint density at radius 1 is 1.38 bits per heavy atom. The molecule has 0 saturated carbocycles. The maximum atomic E-state index is 12.2. The number of rotatable bonds is 7. The quantitative estimate of drug-likeness (QED) is 0.812. The Hall–Kier alpha value is -1.55. The highest BCUT2D eigenvalue weighted by Crippen LogP contribution is 2.21. The Morgan fingerprint density at radius 3 is 2.62 bits per heavy atom. The predicted molar refractivity (Wildman–Crippen MR) is 86.5 cm³/mol. The SMILES string of the molecule is CCC(C)(C)NC(=O)C(C)Oc1ccc(C)cc1CNC. The molecular formula is C17H28N2O2. The van der Waals surface area contributed by atoms with Gasteiger partial charge in [0.1, 0.15) is 5.75 Å². The third-order valence-corrected chi connectivity index (χ3v) is 3.60. The molecule has 0 fully saturated rings. The van der Waals surface area contributed by atoms with Crippen LogP contribution in [0.1, 0.15) is 45.2 Å². The van der Waals surface area contributed by atoms with E-state index in [1.165, 1.54) is 5.56 Å². The Balaban J connectivity index is 2.78. The van der Waals surface area contributed by atoms with Crippen LogP contribution in [0.3, 0.4) is 0 Å². The van der Waals surface area contributed by atoms with E-state index in [1.807, 2.05) is 40.0 Å². The van der Waals surface area contributed by atoms with Crippen molar-refractivity contribution in [1.82, 2.24) is 10.6 Å². The van der Waals surface area contributed by atoms with Gasteiger partial charge in [0.15, 0.2) is 6.10 Å². The van der Waals surface area contributed by atoms with E-state index in [4.69, 9.17) is 4.74 Å². The van der Waals surface area contributed by atoms with Crippen LogP contribution in [0.2, 0.25) is 0 Å². The second-order valence-corrected chi connectivity index (χ2v) is 6.13. The Labute approximate surface area is 128 Å². The lowest BCUT2D eigenvalue weighted by Crippen LogP contribution is -2.48.